The maximum atomic E-state index is 12.5. The Morgan fingerprint density at radius 3 is 2.82 bits per heavy atom. The lowest BCUT2D eigenvalue weighted by Gasteiger charge is -2.12. The predicted octanol–water partition coefficient (Wildman–Crippen LogP) is 3.03. The van der Waals surface area contributed by atoms with E-state index in [1.165, 1.54) is 31.6 Å². The SMILES string of the molecule is COc1ccc(Cl)cc1NS(=O)(=O)c1ccc2nc[nH]c2c1. The van der Waals surface area contributed by atoms with E-state index >= 15 is 0 Å². The highest BCUT2D eigenvalue weighted by atomic mass is 35.5. The predicted molar refractivity (Wildman–Crippen MR) is 84.9 cm³/mol. The van der Waals surface area contributed by atoms with Crippen molar-refractivity contribution in [3.63, 3.8) is 0 Å². The van der Waals surface area contributed by atoms with Crippen molar-refractivity contribution in [2.45, 2.75) is 4.90 Å². The first kappa shape index (κ1) is 14.7. The highest BCUT2D eigenvalue weighted by molar-refractivity contribution is 7.92. The molecule has 0 aliphatic heterocycles. The molecule has 0 saturated heterocycles. The van der Waals surface area contributed by atoms with Gasteiger partial charge in [0.05, 0.1) is 35.1 Å². The lowest BCUT2D eigenvalue weighted by Crippen LogP contribution is -2.13. The van der Waals surface area contributed by atoms with Crippen molar-refractivity contribution in [1.82, 2.24) is 9.97 Å². The van der Waals surface area contributed by atoms with Gasteiger partial charge in [-0.3, -0.25) is 4.72 Å². The van der Waals surface area contributed by atoms with Crippen molar-refractivity contribution in [1.29, 1.82) is 0 Å². The summed E-state index contributed by atoms with van der Waals surface area (Å²) in [6, 6.07) is 9.35. The minimum Gasteiger partial charge on any atom is -0.495 e. The number of benzene rings is 2. The number of imidazole rings is 1. The second-order valence-corrected chi connectivity index (χ2v) is 6.65. The van der Waals surface area contributed by atoms with Crippen molar-refractivity contribution >= 4 is 38.3 Å². The summed E-state index contributed by atoms with van der Waals surface area (Å²) in [5, 5.41) is 0.405. The number of rotatable bonds is 4. The molecule has 1 heterocycles. The largest absolute Gasteiger partial charge is 0.495 e. The van der Waals surface area contributed by atoms with E-state index in [9.17, 15) is 8.42 Å². The average molecular weight is 338 g/mol. The molecule has 1 aromatic heterocycles. The van der Waals surface area contributed by atoms with Crippen LogP contribution in [0.15, 0.2) is 47.6 Å². The number of anilines is 1. The summed E-state index contributed by atoms with van der Waals surface area (Å²) in [5.74, 6) is 0.385. The molecule has 0 bridgehead atoms. The number of nitrogens with one attached hydrogen (secondary N) is 2. The lowest BCUT2D eigenvalue weighted by molar-refractivity contribution is 0.417. The van der Waals surface area contributed by atoms with Crippen LogP contribution in [0.3, 0.4) is 0 Å². The summed E-state index contributed by atoms with van der Waals surface area (Å²) in [6.45, 7) is 0. The number of H-pyrrole nitrogens is 1. The van der Waals surface area contributed by atoms with Gasteiger partial charge in [-0.05, 0) is 36.4 Å². The van der Waals surface area contributed by atoms with Crippen molar-refractivity contribution in [2.75, 3.05) is 11.8 Å². The minimum atomic E-state index is -3.77. The number of aromatic nitrogens is 2. The van der Waals surface area contributed by atoms with Crippen molar-refractivity contribution in [3.8, 4) is 5.75 Å². The van der Waals surface area contributed by atoms with Crippen LogP contribution in [-0.2, 0) is 10.0 Å². The Bertz CT molecular complexity index is 937. The zero-order valence-electron chi connectivity index (χ0n) is 11.5. The number of hydrogen-bond acceptors (Lipinski definition) is 4. The summed E-state index contributed by atoms with van der Waals surface area (Å²) in [7, 11) is -2.31. The molecular weight excluding hydrogens is 326 g/mol. The molecule has 8 heteroatoms. The summed E-state index contributed by atoms with van der Waals surface area (Å²) < 4.78 is 32.6. The molecule has 0 fully saturated rings. The maximum absolute atomic E-state index is 12.5. The first-order chi connectivity index (χ1) is 10.5. The lowest BCUT2D eigenvalue weighted by atomic mass is 10.3. The summed E-state index contributed by atoms with van der Waals surface area (Å²) in [5.41, 5.74) is 1.61. The van der Waals surface area contributed by atoms with E-state index in [0.717, 1.165) is 0 Å². The number of aromatic amines is 1. The van der Waals surface area contributed by atoms with Gasteiger partial charge in [0.15, 0.2) is 0 Å². The number of fused-ring (bicyclic) bond motifs is 1. The van der Waals surface area contributed by atoms with Gasteiger partial charge in [-0.1, -0.05) is 11.6 Å². The molecule has 0 saturated carbocycles. The molecule has 3 aromatic rings. The van der Waals surface area contributed by atoms with Crippen LogP contribution in [0, 0.1) is 0 Å². The summed E-state index contributed by atoms with van der Waals surface area (Å²) >= 11 is 5.91. The summed E-state index contributed by atoms with van der Waals surface area (Å²) in [6.07, 6.45) is 1.51. The van der Waals surface area contributed by atoms with Gasteiger partial charge in [0.1, 0.15) is 5.75 Å². The van der Waals surface area contributed by atoms with Crippen LogP contribution in [0.4, 0.5) is 5.69 Å². The highest BCUT2D eigenvalue weighted by Crippen LogP contribution is 2.30. The van der Waals surface area contributed by atoms with Gasteiger partial charge >= 0.3 is 0 Å². The van der Waals surface area contributed by atoms with Crippen molar-refractivity contribution < 1.29 is 13.2 Å². The minimum absolute atomic E-state index is 0.117. The molecule has 0 amide bonds. The van der Waals surface area contributed by atoms with Crippen LogP contribution in [-0.4, -0.2) is 25.5 Å². The van der Waals surface area contributed by atoms with Crippen molar-refractivity contribution in [3.05, 3.63) is 47.7 Å². The Balaban J connectivity index is 2.01. The topological polar surface area (TPSA) is 84.1 Å². The van der Waals surface area contributed by atoms with Gasteiger partial charge in [-0.15, -0.1) is 0 Å². The van der Waals surface area contributed by atoms with Crippen LogP contribution in [0.1, 0.15) is 0 Å². The van der Waals surface area contributed by atoms with Crippen LogP contribution < -0.4 is 9.46 Å². The third-order valence-corrected chi connectivity index (χ3v) is 4.71. The Labute approximate surface area is 132 Å². The fourth-order valence-corrected chi connectivity index (χ4v) is 3.30. The molecule has 2 N–H and O–H groups in total. The Hall–Kier alpha value is -2.25. The smallest absolute Gasteiger partial charge is 0.262 e. The molecule has 6 nitrogen and oxygen atoms in total. The second kappa shape index (κ2) is 5.51. The molecule has 0 aliphatic carbocycles. The van der Waals surface area contributed by atoms with Crippen LogP contribution in [0.25, 0.3) is 11.0 Å². The fraction of sp³-hybridized carbons (Fsp3) is 0.0714. The third kappa shape index (κ3) is 2.72. The van der Waals surface area contributed by atoms with Crippen LogP contribution in [0.2, 0.25) is 5.02 Å². The highest BCUT2D eigenvalue weighted by Gasteiger charge is 2.17. The zero-order valence-corrected chi connectivity index (χ0v) is 13.1. The molecule has 22 heavy (non-hydrogen) atoms. The van der Waals surface area contributed by atoms with E-state index in [1.807, 2.05) is 0 Å². The Kier molecular flexibility index (Phi) is 3.67. The molecule has 0 spiro atoms. The third-order valence-electron chi connectivity index (χ3n) is 3.11. The molecule has 2 aromatic carbocycles. The van der Waals surface area contributed by atoms with Gasteiger partial charge in [0.25, 0.3) is 10.0 Å². The number of methoxy groups -OCH3 is 1. The number of nitrogens with zero attached hydrogens (tertiary/aromatic N) is 1. The quantitative estimate of drug-likeness (QED) is 0.766. The molecule has 114 valence electrons. The molecule has 0 aliphatic rings. The average Bonchev–Trinajstić information content (AvgIpc) is 2.94. The monoisotopic (exact) mass is 337 g/mol. The van der Waals surface area contributed by atoms with Crippen molar-refractivity contribution in [2.24, 2.45) is 0 Å². The molecule has 3 rings (SSSR count). The molecule has 0 atom stereocenters. The van der Waals surface area contributed by atoms with Gasteiger partial charge < -0.3 is 9.72 Å². The second-order valence-electron chi connectivity index (χ2n) is 4.53. The van der Waals surface area contributed by atoms with Gasteiger partial charge in [-0.25, -0.2) is 13.4 Å². The van der Waals surface area contributed by atoms with Gasteiger partial charge in [0.2, 0.25) is 0 Å². The summed E-state index contributed by atoms with van der Waals surface area (Å²) in [4.78, 5) is 7.05. The van der Waals surface area contributed by atoms with E-state index in [-0.39, 0.29) is 10.6 Å². The number of halogens is 1. The van der Waals surface area contributed by atoms with E-state index in [2.05, 4.69) is 14.7 Å². The molecule has 0 radical (unpaired) electrons. The first-order valence-corrected chi connectivity index (χ1v) is 8.15. The maximum Gasteiger partial charge on any atom is 0.262 e. The molecular formula is C14H12ClN3O3S. The van der Waals surface area contributed by atoms with E-state index in [4.69, 9.17) is 16.3 Å². The Morgan fingerprint density at radius 2 is 2.05 bits per heavy atom. The van der Waals surface area contributed by atoms with E-state index in [1.54, 1.807) is 18.2 Å². The fourth-order valence-electron chi connectivity index (χ4n) is 2.05. The van der Waals surface area contributed by atoms with Gasteiger partial charge in [-0.2, -0.15) is 0 Å². The number of ether oxygens (including phenoxy) is 1. The zero-order chi connectivity index (χ0) is 15.7. The van der Waals surface area contributed by atoms with E-state index in [0.29, 0.717) is 21.8 Å². The standard InChI is InChI=1S/C14H12ClN3O3S/c1-21-14-5-2-9(15)6-13(14)18-22(19,20)10-3-4-11-12(7-10)17-8-16-11/h2-8,18H,1H3,(H,16,17). The van der Waals surface area contributed by atoms with Gasteiger partial charge in [0, 0.05) is 5.02 Å². The number of sulfonamides is 1. The number of hydrogen-bond donors (Lipinski definition) is 2. The first-order valence-electron chi connectivity index (χ1n) is 6.29. The van der Waals surface area contributed by atoms with Crippen LogP contribution >= 0.6 is 11.6 Å². The van der Waals surface area contributed by atoms with Crippen LogP contribution in [0.5, 0.6) is 5.75 Å². The normalized spacial score (nSPS) is 11.5. The Morgan fingerprint density at radius 1 is 1.23 bits per heavy atom. The molecule has 0 unspecified atom stereocenters. The van der Waals surface area contributed by atoms with E-state index < -0.39 is 10.0 Å².